The Morgan fingerprint density at radius 1 is 0.731 bits per heavy atom. The van der Waals surface area contributed by atoms with Crippen molar-refractivity contribution in [1.29, 1.82) is 0 Å². The average Bonchev–Trinajstić information content (AvgIpc) is 2.62. The van der Waals surface area contributed by atoms with E-state index >= 15 is 0 Å². The molecule has 26 heavy (non-hydrogen) atoms. The molecule has 3 rings (SSSR count). The van der Waals surface area contributed by atoms with Gasteiger partial charge in [0.2, 0.25) is 5.75 Å². The van der Waals surface area contributed by atoms with Crippen LogP contribution in [-0.4, -0.2) is 31.4 Å². The Morgan fingerprint density at radius 3 is 2.08 bits per heavy atom. The zero-order valence-corrected chi connectivity index (χ0v) is 13.3. The fourth-order valence-electron chi connectivity index (χ4n) is 2.51. The van der Waals surface area contributed by atoms with E-state index in [9.17, 15) is 30.3 Å². The summed E-state index contributed by atoms with van der Waals surface area (Å²) in [6.45, 7) is 0. The Bertz CT molecular complexity index is 985. The van der Waals surface area contributed by atoms with Crippen LogP contribution in [0.15, 0.2) is 54.6 Å². The predicted molar refractivity (Wildman–Crippen MR) is 94.6 cm³/mol. The molecule has 3 aromatic carbocycles. The molecule has 0 atom stereocenters. The first-order valence-electron chi connectivity index (χ1n) is 7.55. The van der Waals surface area contributed by atoms with Crippen molar-refractivity contribution in [2.24, 2.45) is 0 Å². The highest BCUT2D eigenvalue weighted by Gasteiger charge is 2.23. The Labute approximate surface area is 148 Å². The minimum atomic E-state index is -0.802. The molecule has 0 saturated carbocycles. The molecular weight excluding hydrogens is 338 g/mol. The summed E-state index contributed by atoms with van der Waals surface area (Å²) in [7, 11) is 0. The Balaban J connectivity index is 2.15. The fourth-order valence-corrected chi connectivity index (χ4v) is 2.51. The van der Waals surface area contributed by atoms with E-state index in [1.54, 1.807) is 30.3 Å². The fraction of sp³-hybridized carbons (Fsp3) is 0. The van der Waals surface area contributed by atoms with Crippen molar-refractivity contribution in [3.63, 3.8) is 0 Å². The summed E-state index contributed by atoms with van der Waals surface area (Å²) in [5, 5.41) is 51.6. The molecule has 0 aliphatic carbocycles. The Hall–Kier alpha value is -3.87. The largest absolute Gasteiger partial charge is 0.504 e. The quantitative estimate of drug-likeness (QED) is 0.401. The molecule has 0 aliphatic heterocycles. The molecule has 0 bridgehead atoms. The molecule has 6 N–H and O–H groups in total. The van der Waals surface area contributed by atoms with Gasteiger partial charge in [0, 0.05) is 11.3 Å². The summed E-state index contributed by atoms with van der Waals surface area (Å²) >= 11 is 0. The van der Waals surface area contributed by atoms with E-state index in [1.807, 2.05) is 0 Å². The molecule has 0 saturated heterocycles. The maximum absolute atomic E-state index is 12.6. The molecule has 0 fully saturated rings. The summed E-state index contributed by atoms with van der Waals surface area (Å²) in [6.07, 6.45) is 0. The van der Waals surface area contributed by atoms with Gasteiger partial charge in [0.25, 0.3) is 5.91 Å². The van der Waals surface area contributed by atoms with E-state index in [-0.39, 0.29) is 22.4 Å². The van der Waals surface area contributed by atoms with Gasteiger partial charge < -0.3 is 30.8 Å². The zero-order valence-electron chi connectivity index (χ0n) is 13.3. The highest BCUT2D eigenvalue weighted by molar-refractivity contribution is 6.10. The number of phenolic OH excluding ortho intramolecular Hbond substituents is 5. The number of carbonyl (C=O) groups is 1. The third-order valence-electron chi connectivity index (χ3n) is 3.79. The Morgan fingerprint density at radius 2 is 1.42 bits per heavy atom. The van der Waals surface area contributed by atoms with Crippen molar-refractivity contribution in [3.8, 4) is 39.9 Å². The van der Waals surface area contributed by atoms with Gasteiger partial charge in [-0.3, -0.25) is 4.79 Å². The number of hydrogen-bond donors (Lipinski definition) is 6. The van der Waals surface area contributed by atoms with Gasteiger partial charge in [-0.25, -0.2) is 0 Å². The lowest BCUT2D eigenvalue weighted by molar-refractivity contribution is 0.102. The molecule has 0 radical (unpaired) electrons. The van der Waals surface area contributed by atoms with Gasteiger partial charge in [0.05, 0.1) is 5.56 Å². The second-order valence-corrected chi connectivity index (χ2v) is 5.54. The number of rotatable bonds is 3. The lowest BCUT2D eigenvalue weighted by Gasteiger charge is -2.15. The van der Waals surface area contributed by atoms with Crippen molar-refractivity contribution < 1.29 is 30.3 Å². The van der Waals surface area contributed by atoms with Crippen LogP contribution in [0.2, 0.25) is 0 Å². The van der Waals surface area contributed by atoms with E-state index in [1.165, 1.54) is 12.1 Å². The van der Waals surface area contributed by atoms with Crippen LogP contribution < -0.4 is 5.32 Å². The van der Waals surface area contributed by atoms with Gasteiger partial charge in [-0.05, 0) is 35.9 Å². The first-order valence-corrected chi connectivity index (χ1v) is 7.55. The molecule has 0 aromatic heterocycles. The molecule has 3 aromatic rings. The van der Waals surface area contributed by atoms with Crippen LogP contribution in [0.3, 0.4) is 0 Å². The van der Waals surface area contributed by atoms with Crippen LogP contribution in [0, 0.1) is 0 Å². The van der Waals surface area contributed by atoms with E-state index in [0.717, 1.165) is 12.1 Å². The normalized spacial score (nSPS) is 10.5. The molecular formula is C19H15NO6. The molecule has 0 spiro atoms. The number of hydrogen-bond acceptors (Lipinski definition) is 6. The van der Waals surface area contributed by atoms with Gasteiger partial charge in [-0.1, -0.05) is 24.3 Å². The topological polar surface area (TPSA) is 130 Å². The average molecular weight is 353 g/mol. The number of anilines is 1. The monoisotopic (exact) mass is 353 g/mol. The summed E-state index contributed by atoms with van der Waals surface area (Å²) < 4.78 is 0. The molecule has 1 amide bonds. The van der Waals surface area contributed by atoms with Crippen LogP contribution in [0.1, 0.15) is 10.4 Å². The molecule has 7 heteroatoms. The number of nitrogens with one attached hydrogen (secondary N) is 1. The standard InChI is InChI=1S/C19H15NO6/c21-13-7-6-10(8-14(13)22)16-12(9-15(23)17(24)18(16)25)19(26)20-11-4-2-1-3-5-11/h1-9,21-25H,(H,20,26). The van der Waals surface area contributed by atoms with Crippen LogP contribution in [-0.2, 0) is 0 Å². The van der Waals surface area contributed by atoms with Gasteiger partial charge in [0.15, 0.2) is 23.0 Å². The van der Waals surface area contributed by atoms with E-state index in [2.05, 4.69) is 5.32 Å². The van der Waals surface area contributed by atoms with Crippen LogP contribution in [0.5, 0.6) is 28.7 Å². The summed E-state index contributed by atoms with van der Waals surface area (Å²) in [6, 6.07) is 13.2. The van der Waals surface area contributed by atoms with Gasteiger partial charge in [-0.15, -0.1) is 0 Å². The Kier molecular flexibility index (Phi) is 4.28. The summed E-state index contributed by atoms with van der Waals surface area (Å²) in [5.74, 6) is -3.70. The predicted octanol–water partition coefficient (Wildman–Crippen LogP) is 3.13. The molecule has 0 unspecified atom stereocenters. The van der Waals surface area contributed by atoms with Crippen molar-refractivity contribution in [1.82, 2.24) is 0 Å². The summed E-state index contributed by atoms with van der Waals surface area (Å²) in [5.41, 5.74) is 0.408. The van der Waals surface area contributed by atoms with Crippen molar-refractivity contribution in [2.75, 3.05) is 5.32 Å². The van der Waals surface area contributed by atoms with Crippen LogP contribution in [0.4, 0.5) is 5.69 Å². The van der Waals surface area contributed by atoms with Crippen molar-refractivity contribution in [2.45, 2.75) is 0 Å². The third kappa shape index (κ3) is 3.05. The van der Waals surface area contributed by atoms with Crippen LogP contribution >= 0.6 is 0 Å². The molecule has 0 aliphatic rings. The number of para-hydroxylation sites is 1. The van der Waals surface area contributed by atoms with Gasteiger partial charge >= 0.3 is 0 Å². The molecule has 132 valence electrons. The number of benzene rings is 3. The second-order valence-electron chi connectivity index (χ2n) is 5.54. The zero-order chi connectivity index (χ0) is 18.8. The lowest BCUT2D eigenvalue weighted by atomic mass is 9.96. The highest BCUT2D eigenvalue weighted by atomic mass is 16.3. The minimum Gasteiger partial charge on any atom is -0.504 e. The number of carbonyl (C=O) groups excluding carboxylic acids is 1. The highest BCUT2D eigenvalue weighted by Crippen LogP contribution is 2.46. The first kappa shape index (κ1) is 17.0. The second kappa shape index (κ2) is 6.56. The number of phenols is 5. The molecule has 7 nitrogen and oxygen atoms in total. The van der Waals surface area contributed by atoms with Gasteiger partial charge in [-0.2, -0.15) is 0 Å². The number of amides is 1. The minimum absolute atomic E-state index is 0.107. The van der Waals surface area contributed by atoms with Crippen molar-refractivity contribution >= 4 is 11.6 Å². The van der Waals surface area contributed by atoms with E-state index < -0.39 is 28.9 Å². The lowest BCUT2D eigenvalue weighted by Crippen LogP contribution is -2.13. The number of aromatic hydroxyl groups is 5. The maximum atomic E-state index is 12.6. The van der Waals surface area contributed by atoms with Crippen molar-refractivity contribution in [3.05, 3.63) is 60.2 Å². The smallest absolute Gasteiger partial charge is 0.256 e. The van der Waals surface area contributed by atoms with Crippen LogP contribution in [0.25, 0.3) is 11.1 Å². The molecule has 0 heterocycles. The summed E-state index contributed by atoms with van der Waals surface area (Å²) in [4.78, 5) is 12.6. The first-order chi connectivity index (χ1) is 12.4. The van der Waals surface area contributed by atoms with E-state index in [4.69, 9.17) is 0 Å². The maximum Gasteiger partial charge on any atom is 0.256 e. The SMILES string of the molecule is O=C(Nc1ccccc1)c1cc(O)c(O)c(O)c1-c1ccc(O)c(O)c1. The third-order valence-corrected chi connectivity index (χ3v) is 3.79. The van der Waals surface area contributed by atoms with Gasteiger partial charge in [0.1, 0.15) is 0 Å². The van der Waals surface area contributed by atoms with E-state index in [0.29, 0.717) is 5.69 Å².